The maximum absolute atomic E-state index is 12.4. The van der Waals surface area contributed by atoms with Gasteiger partial charge in [0.15, 0.2) is 0 Å². The zero-order chi connectivity index (χ0) is 13.3. The molecule has 0 spiro atoms. The first-order valence-corrected chi connectivity index (χ1v) is 7.11. The highest BCUT2D eigenvalue weighted by Gasteiger charge is 2.26. The Balaban J connectivity index is 2.18. The number of amides is 1. The minimum absolute atomic E-state index is 0.105. The molecular weight excluding hydrogens is 341 g/mol. The minimum atomic E-state index is 0.105. The van der Waals surface area contributed by atoms with E-state index in [2.05, 4.69) is 41.5 Å². The average Bonchev–Trinajstić information content (AvgIpc) is 2.32. The zero-order valence-corrected chi connectivity index (χ0v) is 12.8. The Kier molecular flexibility index (Phi) is 4.11. The Morgan fingerprint density at radius 2 is 2.17 bits per heavy atom. The highest BCUT2D eigenvalue weighted by Crippen LogP contribution is 2.19. The van der Waals surface area contributed by atoms with E-state index in [9.17, 15) is 4.79 Å². The van der Waals surface area contributed by atoms with Gasteiger partial charge in [0.05, 0.1) is 0 Å². The van der Waals surface area contributed by atoms with Crippen LogP contribution in [0.5, 0.6) is 0 Å². The van der Waals surface area contributed by atoms with Crippen LogP contribution < -0.4 is 5.73 Å². The second-order valence-electron chi connectivity index (χ2n) is 4.85. The summed E-state index contributed by atoms with van der Waals surface area (Å²) in [6, 6.07) is 5.73. The van der Waals surface area contributed by atoms with E-state index in [1.807, 2.05) is 17.0 Å². The van der Waals surface area contributed by atoms with Crippen LogP contribution in [0.1, 0.15) is 17.3 Å². The molecule has 1 heterocycles. The number of nitrogens with two attached hydrogens (primary N) is 1. The van der Waals surface area contributed by atoms with Crippen LogP contribution in [0, 0.1) is 3.57 Å². The van der Waals surface area contributed by atoms with Gasteiger partial charge in [-0.1, -0.05) is 0 Å². The molecule has 1 unspecified atom stereocenters. The third-order valence-electron chi connectivity index (χ3n) is 3.34. The second-order valence-corrected chi connectivity index (χ2v) is 6.01. The summed E-state index contributed by atoms with van der Waals surface area (Å²) in [4.78, 5) is 16.6. The summed E-state index contributed by atoms with van der Waals surface area (Å²) in [6.07, 6.45) is 0. The number of hydrogen-bond donors (Lipinski definition) is 1. The lowest BCUT2D eigenvalue weighted by atomic mass is 10.1. The van der Waals surface area contributed by atoms with Crippen molar-refractivity contribution in [2.45, 2.75) is 13.0 Å². The van der Waals surface area contributed by atoms with Crippen LogP contribution in [0.4, 0.5) is 5.69 Å². The molecule has 5 heteroatoms. The zero-order valence-electron chi connectivity index (χ0n) is 10.7. The largest absolute Gasteiger partial charge is 0.398 e. The van der Waals surface area contributed by atoms with E-state index in [-0.39, 0.29) is 11.9 Å². The molecule has 4 nitrogen and oxygen atoms in total. The molecule has 2 N–H and O–H groups in total. The third-order valence-corrected chi connectivity index (χ3v) is 4.27. The number of benzene rings is 1. The van der Waals surface area contributed by atoms with Gasteiger partial charge in [0, 0.05) is 40.5 Å². The summed E-state index contributed by atoms with van der Waals surface area (Å²) in [6.45, 7) is 4.74. The molecule has 1 fully saturated rings. The van der Waals surface area contributed by atoms with Crippen molar-refractivity contribution < 1.29 is 4.79 Å². The summed E-state index contributed by atoms with van der Waals surface area (Å²) in [5.41, 5.74) is 7.22. The van der Waals surface area contributed by atoms with Crippen molar-refractivity contribution in [1.82, 2.24) is 9.80 Å². The summed E-state index contributed by atoms with van der Waals surface area (Å²) >= 11 is 2.16. The van der Waals surface area contributed by atoms with Gasteiger partial charge in [0.2, 0.25) is 0 Å². The Morgan fingerprint density at radius 1 is 1.44 bits per heavy atom. The molecule has 1 aromatic rings. The molecule has 1 aliphatic rings. The van der Waals surface area contributed by atoms with Gasteiger partial charge < -0.3 is 15.5 Å². The van der Waals surface area contributed by atoms with E-state index < -0.39 is 0 Å². The van der Waals surface area contributed by atoms with Crippen molar-refractivity contribution in [3.63, 3.8) is 0 Å². The van der Waals surface area contributed by atoms with Gasteiger partial charge in [-0.05, 0) is 54.8 Å². The van der Waals surface area contributed by atoms with Crippen molar-refractivity contribution in [2.24, 2.45) is 0 Å². The number of nitrogens with zero attached hydrogens (tertiary/aromatic N) is 2. The van der Waals surface area contributed by atoms with E-state index in [1.54, 1.807) is 6.07 Å². The van der Waals surface area contributed by atoms with Gasteiger partial charge in [0.1, 0.15) is 0 Å². The molecule has 98 valence electrons. The fourth-order valence-electron chi connectivity index (χ4n) is 2.27. The normalized spacial score (nSPS) is 21.1. The van der Waals surface area contributed by atoms with Crippen LogP contribution in [-0.2, 0) is 0 Å². The van der Waals surface area contributed by atoms with Gasteiger partial charge in [-0.2, -0.15) is 0 Å². The lowest BCUT2D eigenvalue weighted by molar-refractivity contribution is 0.0533. The highest BCUT2D eigenvalue weighted by molar-refractivity contribution is 14.1. The minimum Gasteiger partial charge on any atom is -0.398 e. The molecule has 0 saturated carbocycles. The van der Waals surface area contributed by atoms with E-state index >= 15 is 0 Å². The molecule has 18 heavy (non-hydrogen) atoms. The van der Waals surface area contributed by atoms with Crippen LogP contribution in [0.25, 0.3) is 0 Å². The first-order chi connectivity index (χ1) is 8.49. The molecule has 0 bridgehead atoms. The first-order valence-electron chi connectivity index (χ1n) is 6.03. The van der Waals surface area contributed by atoms with Crippen LogP contribution in [0.15, 0.2) is 18.2 Å². The average molecular weight is 359 g/mol. The number of likely N-dealkylation sites (N-methyl/N-ethyl adjacent to an activating group) is 1. The molecule has 1 atom stereocenters. The fourth-order valence-corrected chi connectivity index (χ4v) is 2.78. The summed E-state index contributed by atoms with van der Waals surface area (Å²) < 4.78 is 0.931. The van der Waals surface area contributed by atoms with Gasteiger partial charge in [-0.25, -0.2) is 0 Å². The first kappa shape index (κ1) is 13.6. The topological polar surface area (TPSA) is 49.6 Å². The Bertz CT molecular complexity index is 464. The van der Waals surface area contributed by atoms with Crippen molar-refractivity contribution in [3.8, 4) is 0 Å². The molecule has 0 aliphatic carbocycles. The molecule has 1 aromatic carbocycles. The van der Waals surface area contributed by atoms with Crippen LogP contribution in [0.2, 0.25) is 0 Å². The van der Waals surface area contributed by atoms with Gasteiger partial charge in [0.25, 0.3) is 5.91 Å². The lowest BCUT2D eigenvalue weighted by Gasteiger charge is -2.38. The van der Waals surface area contributed by atoms with Gasteiger partial charge >= 0.3 is 0 Å². The number of anilines is 1. The van der Waals surface area contributed by atoms with Gasteiger partial charge in [-0.3, -0.25) is 4.79 Å². The molecule has 1 saturated heterocycles. The lowest BCUT2D eigenvalue weighted by Crippen LogP contribution is -2.52. The summed E-state index contributed by atoms with van der Waals surface area (Å²) in [7, 11) is 2.09. The quantitative estimate of drug-likeness (QED) is 0.613. The molecule has 0 radical (unpaired) electrons. The van der Waals surface area contributed by atoms with Crippen LogP contribution in [0.3, 0.4) is 0 Å². The van der Waals surface area contributed by atoms with Crippen molar-refractivity contribution in [1.29, 1.82) is 0 Å². The summed E-state index contributed by atoms with van der Waals surface area (Å²) in [5.74, 6) is 0.105. The Hall–Kier alpha value is -0.820. The SMILES string of the molecule is CC1CN(C)CCN1C(=O)c1ccc(N)c(I)c1. The van der Waals surface area contributed by atoms with E-state index in [4.69, 9.17) is 5.73 Å². The van der Waals surface area contributed by atoms with Crippen molar-refractivity contribution in [2.75, 3.05) is 32.4 Å². The molecular formula is C13H18IN3O. The standard InChI is InChI=1S/C13H18IN3O/c1-9-8-16(2)5-6-17(9)13(18)10-3-4-12(15)11(14)7-10/h3-4,7,9H,5-6,8,15H2,1-2H3. The molecule has 2 rings (SSSR count). The van der Waals surface area contributed by atoms with E-state index in [0.717, 1.165) is 34.5 Å². The maximum Gasteiger partial charge on any atom is 0.254 e. The monoisotopic (exact) mass is 359 g/mol. The van der Waals surface area contributed by atoms with Crippen molar-refractivity contribution in [3.05, 3.63) is 27.3 Å². The van der Waals surface area contributed by atoms with Gasteiger partial charge in [-0.15, -0.1) is 0 Å². The molecule has 0 aromatic heterocycles. The van der Waals surface area contributed by atoms with Crippen LogP contribution in [-0.4, -0.2) is 48.4 Å². The number of hydrogen-bond acceptors (Lipinski definition) is 3. The third kappa shape index (κ3) is 2.77. The molecule has 1 aliphatic heterocycles. The maximum atomic E-state index is 12.4. The Morgan fingerprint density at radius 3 is 2.78 bits per heavy atom. The molecule has 1 amide bonds. The van der Waals surface area contributed by atoms with E-state index in [1.165, 1.54) is 0 Å². The van der Waals surface area contributed by atoms with E-state index in [0.29, 0.717) is 0 Å². The second kappa shape index (κ2) is 5.44. The smallest absolute Gasteiger partial charge is 0.254 e. The Labute approximate surface area is 121 Å². The number of rotatable bonds is 1. The number of carbonyl (C=O) groups excluding carboxylic acids is 1. The number of carbonyl (C=O) groups is 1. The number of halogens is 1. The summed E-state index contributed by atoms with van der Waals surface area (Å²) in [5, 5.41) is 0. The predicted molar refractivity (Wildman–Crippen MR) is 81.6 cm³/mol. The van der Waals surface area contributed by atoms with Crippen LogP contribution >= 0.6 is 22.6 Å². The number of piperazine rings is 1. The predicted octanol–water partition coefficient (Wildman–Crippen LogP) is 1.65. The van der Waals surface area contributed by atoms with Crippen molar-refractivity contribution >= 4 is 34.2 Å². The highest BCUT2D eigenvalue weighted by atomic mass is 127. The number of nitrogen functional groups attached to an aromatic ring is 1. The fraction of sp³-hybridized carbons (Fsp3) is 0.462.